The average molecular weight is 320 g/mol. The highest BCUT2D eigenvalue weighted by atomic mass is 16.3. The molecule has 1 fully saturated rings. The van der Waals surface area contributed by atoms with E-state index in [1.807, 2.05) is 27.9 Å². The minimum Gasteiger partial charge on any atom is -0.390 e. The maximum Gasteiger partial charge on any atom is 0.0912 e. The third-order valence-electron chi connectivity index (χ3n) is 4.48. The van der Waals surface area contributed by atoms with Crippen LogP contribution in [-0.4, -0.2) is 64.9 Å². The maximum atomic E-state index is 10.6. The first-order valence-electron chi connectivity index (χ1n) is 8.55. The summed E-state index contributed by atoms with van der Waals surface area (Å²) in [6.07, 6.45) is 2.51. The molecule has 0 bridgehead atoms. The Morgan fingerprint density at radius 1 is 1.17 bits per heavy atom. The maximum absolute atomic E-state index is 10.6. The van der Waals surface area contributed by atoms with Gasteiger partial charge in [0.25, 0.3) is 0 Å². The Morgan fingerprint density at radius 3 is 2.35 bits per heavy atom. The fourth-order valence-electron chi connectivity index (χ4n) is 3.31. The van der Waals surface area contributed by atoms with Gasteiger partial charge >= 0.3 is 0 Å². The van der Waals surface area contributed by atoms with Crippen LogP contribution in [0.3, 0.4) is 0 Å². The van der Waals surface area contributed by atoms with Gasteiger partial charge in [0, 0.05) is 26.2 Å². The van der Waals surface area contributed by atoms with Crippen molar-refractivity contribution in [3.8, 4) is 0 Å². The second-order valence-corrected chi connectivity index (χ2v) is 8.05. The number of aryl methyl sites for hydroxylation is 1. The molecule has 1 atom stereocenters. The highest BCUT2D eigenvalue weighted by Crippen LogP contribution is 2.24. The first-order chi connectivity index (χ1) is 10.7. The Kier molecular flexibility index (Phi) is 5.84. The molecule has 1 aromatic carbocycles. The predicted octanol–water partition coefficient (Wildman–Crippen LogP) is 1.89. The van der Waals surface area contributed by atoms with Crippen LogP contribution in [0, 0.1) is 0 Å². The van der Waals surface area contributed by atoms with Crippen LogP contribution in [-0.2, 0) is 13.0 Å². The SMILES string of the molecule is CN(C)C[C@]1(O)CCN(Cc2ccc(CCC(C)(C)O)cc2)C1. The molecule has 1 aliphatic rings. The quantitative estimate of drug-likeness (QED) is 0.805. The number of aliphatic hydroxyl groups is 2. The number of hydrogen-bond acceptors (Lipinski definition) is 4. The molecule has 2 rings (SSSR count). The van der Waals surface area contributed by atoms with Gasteiger partial charge in [-0.2, -0.15) is 0 Å². The second kappa shape index (κ2) is 7.31. The summed E-state index contributed by atoms with van der Waals surface area (Å²) in [5, 5.41) is 20.4. The van der Waals surface area contributed by atoms with E-state index in [0.29, 0.717) is 0 Å². The van der Waals surface area contributed by atoms with Gasteiger partial charge in [0.2, 0.25) is 0 Å². The summed E-state index contributed by atoms with van der Waals surface area (Å²) < 4.78 is 0. The largest absolute Gasteiger partial charge is 0.390 e. The Balaban J connectivity index is 1.85. The van der Waals surface area contributed by atoms with Gasteiger partial charge in [-0.25, -0.2) is 0 Å². The molecule has 1 saturated heterocycles. The Hall–Kier alpha value is -0.940. The van der Waals surface area contributed by atoms with Crippen molar-refractivity contribution in [2.45, 2.75) is 50.9 Å². The monoisotopic (exact) mass is 320 g/mol. The first-order valence-corrected chi connectivity index (χ1v) is 8.55. The molecular formula is C19H32N2O2. The van der Waals surface area contributed by atoms with E-state index in [0.717, 1.165) is 45.4 Å². The topological polar surface area (TPSA) is 46.9 Å². The highest BCUT2D eigenvalue weighted by Gasteiger charge is 2.36. The van der Waals surface area contributed by atoms with Crippen LogP contribution in [0.5, 0.6) is 0 Å². The standard InChI is InChI=1S/C19H32N2O2/c1-18(2,22)10-9-16-5-7-17(8-6-16)13-21-12-11-19(23,15-21)14-20(3)4/h5-8,22-23H,9-15H2,1-4H3/t19-/m1/s1. The molecular weight excluding hydrogens is 288 g/mol. The molecule has 1 aliphatic heterocycles. The fourth-order valence-corrected chi connectivity index (χ4v) is 3.31. The molecule has 23 heavy (non-hydrogen) atoms. The van der Waals surface area contributed by atoms with Crippen LogP contribution in [0.25, 0.3) is 0 Å². The van der Waals surface area contributed by atoms with E-state index in [2.05, 4.69) is 34.1 Å². The van der Waals surface area contributed by atoms with Crippen molar-refractivity contribution >= 4 is 0 Å². The average Bonchev–Trinajstić information content (AvgIpc) is 2.77. The molecule has 1 aromatic rings. The number of rotatable bonds is 7. The molecule has 4 heteroatoms. The summed E-state index contributed by atoms with van der Waals surface area (Å²) in [4.78, 5) is 4.39. The molecule has 0 spiro atoms. The lowest BCUT2D eigenvalue weighted by Gasteiger charge is -2.26. The van der Waals surface area contributed by atoms with Gasteiger partial charge in [0.05, 0.1) is 11.2 Å². The van der Waals surface area contributed by atoms with Gasteiger partial charge in [-0.15, -0.1) is 0 Å². The first kappa shape index (κ1) is 18.4. The predicted molar refractivity (Wildman–Crippen MR) is 94.5 cm³/mol. The van der Waals surface area contributed by atoms with Gasteiger partial charge in [-0.1, -0.05) is 24.3 Å². The van der Waals surface area contributed by atoms with Crippen molar-refractivity contribution < 1.29 is 10.2 Å². The molecule has 130 valence electrons. The van der Waals surface area contributed by atoms with E-state index < -0.39 is 11.2 Å². The van der Waals surface area contributed by atoms with E-state index in [-0.39, 0.29) is 0 Å². The third kappa shape index (κ3) is 6.22. The molecule has 0 radical (unpaired) electrons. The van der Waals surface area contributed by atoms with Crippen molar-refractivity contribution in [3.63, 3.8) is 0 Å². The van der Waals surface area contributed by atoms with Crippen molar-refractivity contribution in [1.82, 2.24) is 9.80 Å². The summed E-state index contributed by atoms with van der Waals surface area (Å²) in [5.41, 5.74) is 1.37. The van der Waals surface area contributed by atoms with E-state index in [1.54, 1.807) is 0 Å². The number of β-amino-alcohol motifs (C(OH)–C–C–N with tert-alkyl or cyclic N) is 1. The van der Waals surface area contributed by atoms with Crippen molar-refractivity contribution in [2.24, 2.45) is 0 Å². The highest BCUT2D eigenvalue weighted by molar-refractivity contribution is 5.23. The minimum atomic E-state index is -0.606. The summed E-state index contributed by atoms with van der Waals surface area (Å²) in [6, 6.07) is 8.65. The molecule has 0 saturated carbocycles. The van der Waals surface area contributed by atoms with Crippen LogP contribution >= 0.6 is 0 Å². The summed E-state index contributed by atoms with van der Waals surface area (Å²) in [6.45, 7) is 7.00. The number of hydrogen-bond donors (Lipinski definition) is 2. The number of likely N-dealkylation sites (N-methyl/N-ethyl adjacent to an activating group) is 1. The summed E-state index contributed by atoms with van der Waals surface area (Å²) in [7, 11) is 4.01. The zero-order chi connectivity index (χ0) is 17.1. The number of nitrogens with zero attached hydrogens (tertiary/aromatic N) is 2. The van der Waals surface area contributed by atoms with E-state index in [9.17, 15) is 10.2 Å². The van der Waals surface area contributed by atoms with E-state index in [4.69, 9.17) is 0 Å². The van der Waals surface area contributed by atoms with E-state index in [1.165, 1.54) is 11.1 Å². The lowest BCUT2D eigenvalue weighted by atomic mass is 9.98. The van der Waals surface area contributed by atoms with Crippen molar-refractivity contribution in [3.05, 3.63) is 35.4 Å². The zero-order valence-electron chi connectivity index (χ0n) is 15.0. The molecule has 0 unspecified atom stereocenters. The van der Waals surface area contributed by atoms with Gasteiger partial charge in [-0.05, 0) is 58.3 Å². The summed E-state index contributed by atoms with van der Waals surface area (Å²) in [5.74, 6) is 0. The molecule has 4 nitrogen and oxygen atoms in total. The summed E-state index contributed by atoms with van der Waals surface area (Å²) >= 11 is 0. The molecule has 0 amide bonds. The van der Waals surface area contributed by atoms with Crippen LogP contribution in [0.15, 0.2) is 24.3 Å². The fraction of sp³-hybridized carbons (Fsp3) is 0.684. The van der Waals surface area contributed by atoms with Crippen LogP contribution in [0.2, 0.25) is 0 Å². The Labute approximate surface area is 140 Å². The van der Waals surface area contributed by atoms with Gasteiger partial charge in [-0.3, -0.25) is 4.90 Å². The van der Waals surface area contributed by atoms with Crippen LogP contribution in [0.4, 0.5) is 0 Å². The molecule has 1 heterocycles. The van der Waals surface area contributed by atoms with Crippen molar-refractivity contribution in [1.29, 1.82) is 0 Å². The normalized spacial score (nSPS) is 22.9. The number of likely N-dealkylation sites (tertiary alicyclic amines) is 1. The lowest BCUT2D eigenvalue weighted by Crippen LogP contribution is -2.42. The number of benzene rings is 1. The van der Waals surface area contributed by atoms with Crippen molar-refractivity contribution in [2.75, 3.05) is 33.7 Å². The molecule has 0 aromatic heterocycles. The Bertz CT molecular complexity index is 493. The minimum absolute atomic E-state index is 0.573. The smallest absolute Gasteiger partial charge is 0.0912 e. The van der Waals surface area contributed by atoms with Crippen LogP contribution in [0.1, 0.15) is 37.8 Å². The molecule has 2 N–H and O–H groups in total. The zero-order valence-corrected chi connectivity index (χ0v) is 15.0. The van der Waals surface area contributed by atoms with Gasteiger partial charge in [0.1, 0.15) is 0 Å². The Morgan fingerprint density at radius 2 is 1.78 bits per heavy atom. The van der Waals surface area contributed by atoms with Crippen LogP contribution < -0.4 is 0 Å². The van der Waals surface area contributed by atoms with E-state index >= 15 is 0 Å². The van der Waals surface area contributed by atoms with Gasteiger partial charge < -0.3 is 15.1 Å². The lowest BCUT2D eigenvalue weighted by molar-refractivity contribution is 0.0240. The van der Waals surface area contributed by atoms with Gasteiger partial charge in [0.15, 0.2) is 0 Å². The third-order valence-corrected chi connectivity index (χ3v) is 4.48. The molecule has 0 aliphatic carbocycles. The second-order valence-electron chi connectivity index (χ2n) is 8.05.